The maximum atomic E-state index is 12.0. The Morgan fingerprint density at radius 1 is 1.57 bits per heavy atom. The number of hydrogen-bond donors (Lipinski definition) is 1. The Kier molecular flexibility index (Phi) is 4.93. The van der Waals surface area contributed by atoms with Gasteiger partial charge in [-0.2, -0.15) is 0 Å². The first kappa shape index (κ1) is 15.9. The number of ether oxygens (including phenoxy) is 1. The molecule has 2 rings (SSSR count). The van der Waals surface area contributed by atoms with Gasteiger partial charge in [0.1, 0.15) is 11.4 Å². The number of nitrogens with zero attached hydrogens (tertiary/aromatic N) is 1. The van der Waals surface area contributed by atoms with Crippen molar-refractivity contribution < 1.29 is 13.9 Å². The predicted molar refractivity (Wildman–Crippen MR) is 81.0 cm³/mol. The largest absolute Gasteiger partial charge is 0.468 e. The second-order valence-corrected chi connectivity index (χ2v) is 6.73. The van der Waals surface area contributed by atoms with E-state index in [1.807, 2.05) is 32.9 Å². The molecule has 1 N–H and O–H groups in total. The van der Waals surface area contributed by atoms with E-state index in [0.29, 0.717) is 5.92 Å². The highest BCUT2D eigenvalue weighted by atomic mass is 16.6. The van der Waals surface area contributed by atoms with Gasteiger partial charge in [-0.25, -0.2) is 4.79 Å². The van der Waals surface area contributed by atoms with Crippen molar-refractivity contribution in [3.05, 3.63) is 24.2 Å². The van der Waals surface area contributed by atoms with E-state index in [-0.39, 0.29) is 12.1 Å². The van der Waals surface area contributed by atoms with Gasteiger partial charge in [-0.1, -0.05) is 0 Å². The van der Waals surface area contributed by atoms with E-state index in [1.54, 1.807) is 11.2 Å². The number of hydrogen-bond acceptors (Lipinski definition) is 4. The van der Waals surface area contributed by atoms with E-state index in [4.69, 9.17) is 9.15 Å². The van der Waals surface area contributed by atoms with Crippen molar-refractivity contribution in [3.63, 3.8) is 0 Å². The van der Waals surface area contributed by atoms with E-state index in [1.165, 1.54) is 0 Å². The molecule has 0 aliphatic carbocycles. The van der Waals surface area contributed by atoms with Crippen molar-refractivity contribution in [3.8, 4) is 0 Å². The van der Waals surface area contributed by atoms with Gasteiger partial charge in [-0.15, -0.1) is 0 Å². The summed E-state index contributed by atoms with van der Waals surface area (Å²) < 4.78 is 10.8. The molecular weight excluding hydrogens is 268 g/mol. The van der Waals surface area contributed by atoms with Crippen LogP contribution in [0.1, 0.15) is 45.9 Å². The Hall–Kier alpha value is -1.49. The van der Waals surface area contributed by atoms with Crippen molar-refractivity contribution in [2.75, 3.05) is 19.6 Å². The maximum Gasteiger partial charge on any atom is 0.410 e. The van der Waals surface area contributed by atoms with Crippen LogP contribution in [-0.2, 0) is 4.74 Å². The second-order valence-electron chi connectivity index (χ2n) is 6.73. The minimum Gasteiger partial charge on any atom is -0.468 e. The lowest BCUT2D eigenvalue weighted by Gasteiger charge is -2.24. The van der Waals surface area contributed by atoms with Crippen molar-refractivity contribution in [2.24, 2.45) is 5.92 Å². The van der Waals surface area contributed by atoms with Gasteiger partial charge in [0, 0.05) is 19.6 Å². The number of nitrogens with one attached hydrogen (secondary N) is 1. The highest BCUT2D eigenvalue weighted by molar-refractivity contribution is 5.68. The molecule has 0 radical (unpaired) electrons. The smallest absolute Gasteiger partial charge is 0.410 e. The topological polar surface area (TPSA) is 54.7 Å². The monoisotopic (exact) mass is 294 g/mol. The third kappa shape index (κ3) is 4.77. The lowest BCUT2D eigenvalue weighted by atomic mass is 10.1. The van der Waals surface area contributed by atoms with E-state index >= 15 is 0 Å². The normalized spacial score (nSPS) is 20.6. The standard InChI is InChI=1S/C16H26N2O3/c1-12(14-6-5-9-20-14)17-10-13-7-8-18(11-13)15(19)21-16(2,3)4/h5-6,9,12-13,17H,7-8,10-11H2,1-4H3/t12-,13-/m1/s1. The summed E-state index contributed by atoms with van der Waals surface area (Å²) in [7, 11) is 0. The molecule has 0 unspecified atom stereocenters. The van der Waals surface area contributed by atoms with Gasteiger partial charge in [0.15, 0.2) is 0 Å². The van der Waals surface area contributed by atoms with Crippen LogP contribution in [0.4, 0.5) is 4.79 Å². The van der Waals surface area contributed by atoms with Gasteiger partial charge in [0.05, 0.1) is 12.3 Å². The summed E-state index contributed by atoms with van der Waals surface area (Å²) in [5.74, 6) is 1.41. The molecule has 1 aromatic rings. The fourth-order valence-corrected chi connectivity index (χ4v) is 2.47. The minimum absolute atomic E-state index is 0.190. The van der Waals surface area contributed by atoms with Crippen LogP contribution >= 0.6 is 0 Å². The lowest BCUT2D eigenvalue weighted by molar-refractivity contribution is 0.0288. The fourth-order valence-electron chi connectivity index (χ4n) is 2.47. The highest BCUT2D eigenvalue weighted by Crippen LogP contribution is 2.20. The summed E-state index contributed by atoms with van der Waals surface area (Å²) in [5, 5.41) is 3.46. The van der Waals surface area contributed by atoms with Crippen LogP contribution in [0.3, 0.4) is 0 Å². The van der Waals surface area contributed by atoms with Gasteiger partial charge in [-0.05, 0) is 52.2 Å². The molecule has 0 spiro atoms. The summed E-state index contributed by atoms with van der Waals surface area (Å²) >= 11 is 0. The molecule has 1 fully saturated rings. The first-order valence-electron chi connectivity index (χ1n) is 7.60. The zero-order valence-corrected chi connectivity index (χ0v) is 13.4. The molecule has 2 atom stereocenters. The number of amides is 1. The third-order valence-electron chi connectivity index (χ3n) is 3.62. The predicted octanol–water partition coefficient (Wildman–Crippen LogP) is 3.19. The molecule has 0 bridgehead atoms. The van der Waals surface area contributed by atoms with Crippen molar-refractivity contribution in [1.82, 2.24) is 10.2 Å². The molecule has 0 aromatic carbocycles. The van der Waals surface area contributed by atoms with Gasteiger partial charge < -0.3 is 19.4 Å². The number of furan rings is 1. The zero-order valence-electron chi connectivity index (χ0n) is 13.4. The van der Waals surface area contributed by atoms with E-state index in [0.717, 1.165) is 31.8 Å². The van der Waals surface area contributed by atoms with Gasteiger partial charge in [0.25, 0.3) is 0 Å². The summed E-state index contributed by atoms with van der Waals surface area (Å²) in [6.45, 7) is 10.2. The van der Waals surface area contributed by atoms with Crippen LogP contribution in [0.25, 0.3) is 0 Å². The minimum atomic E-state index is -0.429. The quantitative estimate of drug-likeness (QED) is 0.926. The Morgan fingerprint density at radius 3 is 2.95 bits per heavy atom. The molecule has 0 saturated carbocycles. The number of likely N-dealkylation sites (tertiary alicyclic amines) is 1. The molecule has 1 aromatic heterocycles. The molecule has 1 aliphatic heterocycles. The Morgan fingerprint density at radius 2 is 2.33 bits per heavy atom. The average molecular weight is 294 g/mol. The molecular formula is C16H26N2O3. The van der Waals surface area contributed by atoms with Crippen LogP contribution in [-0.4, -0.2) is 36.2 Å². The van der Waals surface area contributed by atoms with Crippen LogP contribution in [0, 0.1) is 5.92 Å². The highest BCUT2D eigenvalue weighted by Gasteiger charge is 2.29. The Bertz CT molecular complexity index is 451. The molecule has 1 saturated heterocycles. The molecule has 1 amide bonds. The van der Waals surface area contributed by atoms with E-state index in [2.05, 4.69) is 12.2 Å². The van der Waals surface area contributed by atoms with Crippen LogP contribution in [0.2, 0.25) is 0 Å². The Balaban J connectivity index is 1.74. The first-order valence-corrected chi connectivity index (χ1v) is 7.60. The van der Waals surface area contributed by atoms with E-state index < -0.39 is 5.60 Å². The van der Waals surface area contributed by atoms with E-state index in [9.17, 15) is 4.79 Å². The molecule has 5 heteroatoms. The maximum absolute atomic E-state index is 12.0. The van der Waals surface area contributed by atoms with Crippen molar-refractivity contribution in [1.29, 1.82) is 0 Å². The molecule has 2 heterocycles. The zero-order chi connectivity index (χ0) is 15.5. The Labute approximate surface area is 126 Å². The number of carbonyl (C=O) groups is 1. The fraction of sp³-hybridized carbons (Fsp3) is 0.688. The summed E-state index contributed by atoms with van der Waals surface area (Å²) in [6.07, 6.45) is 2.49. The van der Waals surface area contributed by atoms with Gasteiger partial charge in [-0.3, -0.25) is 0 Å². The SMILES string of the molecule is C[C@@H](NC[C@H]1CCN(C(=O)OC(C)(C)C)C1)c1ccco1. The second kappa shape index (κ2) is 6.52. The van der Waals surface area contributed by atoms with Crippen LogP contribution in [0.5, 0.6) is 0 Å². The summed E-state index contributed by atoms with van der Waals surface area (Å²) in [6, 6.07) is 4.06. The third-order valence-corrected chi connectivity index (χ3v) is 3.62. The molecule has 1 aliphatic rings. The summed E-state index contributed by atoms with van der Waals surface area (Å²) in [4.78, 5) is 13.8. The molecule has 118 valence electrons. The molecule has 5 nitrogen and oxygen atoms in total. The summed E-state index contributed by atoms with van der Waals surface area (Å²) in [5.41, 5.74) is -0.429. The van der Waals surface area contributed by atoms with Gasteiger partial charge >= 0.3 is 6.09 Å². The van der Waals surface area contributed by atoms with Gasteiger partial charge in [0.2, 0.25) is 0 Å². The van der Waals surface area contributed by atoms with Crippen molar-refractivity contribution >= 4 is 6.09 Å². The molecule has 21 heavy (non-hydrogen) atoms. The first-order chi connectivity index (χ1) is 9.85. The van der Waals surface area contributed by atoms with Crippen LogP contribution < -0.4 is 5.32 Å². The van der Waals surface area contributed by atoms with Crippen molar-refractivity contribution in [2.45, 2.75) is 45.8 Å². The average Bonchev–Trinajstić information content (AvgIpc) is 3.05. The van der Waals surface area contributed by atoms with Crippen LogP contribution in [0.15, 0.2) is 22.8 Å². The number of rotatable bonds is 4. The lowest BCUT2D eigenvalue weighted by Crippen LogP contribution is -2.36. The number of carbonyl (C=O) groups excluding carboxylic acids is 1.